The molecule has 0 aromatic heterocycles. The zero-order chi connectivity index (χ0) is 35.6. The van der Waals surface area contributed by atoms with Crippen LogP contribution in [0.25, 0.3) is 33.4 Å². The maximum Gasteiger partial charge on any atom is 0.634 e. The fraction of sp³-hybridized carbons (Fsp3) is 0.415. The molecule has 0 bridgehead atoms. The van der Waals surface area contributed by atoms with Crippen molar-refractivity contribution >= 4 is 7.32 Å². The van der Waals surface area contributed by atoms with Gasteiger partial charge in [0.15, 0.2) is 0 Å². The quantitative estimate of drug-likeness (QED) is 0.0815. The van der Waals surface area contributed by atoms with E-state index in [-0.39, 0.29) is 6.61 Å². The second-order valence-electron chi connectivity index (χ2n) is 12.8. The standard InChI is InChI=1S/C25H18BF3O3.C16H36N/c27-20-7-1-4-16(12-20)23-11-10-19(15-32-26(30)31)24(17-5-2-8-21(28)13-17)25(23)18-6-3-9-22(29)14-18;1-5-9-13-17(14-10-6-2,15-11-7-3)16-12-8-4/h1-14,30-31H,15H2;5-16H2,1-4H3/q;+1. The van der Waals surface area contributed by atoms with Crippen LogP contribution in [0.4, 0.5) is 13.2 Å². The van der Waals surface area contributed by atoms with Crippen LogP contribution in [0.1, 0.15) is 84.6 Å². The average Bonchev–Trinajstić information content (AvgIpc) is 3.10. The number of benzene rings is 4. The molecule has 0 amide bonds. The van der Waals surface area contributed by atoms with Crippen LogP contribution >= 0.6 is 0 Å². The minimum atomic E-state index is -2.00. The molecule has 0 aliphatic rings. The van der Waals surface area contributed by atoms with Gasteiger partial charge in [0.1, 0.15) is 17.5 Å². The van der Waals surface area contributed by atoms with Gasteiger partial charge in [0, 0.05) is 0 Å². The summed E-state index contributed by atoms with van der Waals surface area (Å²) < 4.78 is 48.8. The molecule has 0 aliphatic heterocycles. The van der Waals surface area contributed by atoms with E-state index in [1.54, 1.807) is 48.5 Å². The Balaban J connectivity index is 0.000000326. The highest BCUT2D eigenvalue weighted by molar-refractivity contribution is 6.32. The molecule has 0 radical (unpaired) electrons. The lowest BCUT2D eigenvalue weighted by molar-refractivity contribution is -0.929. The first-order valence-electron chi connectivity index (χ1n) is 17.9. The first-order chi connectivity index (χ1) is 23.7. The number of unbranched alkanes of at least 4 members (excludes halogenated alkanes) is 4. The largest absolute Gasteiger partial charge is 0.634 e. The first-order valence-corrected chi connectivity index (χ1v) is 17.9. The number of nitrogens with zero attached hydrogens (tertiary/aromatic N) is 1. The zero-order valence-corrected chi connectivity index (χ0v) is 29.7. The highest BCUT2D eigenvalue weighted by Crippen LogP contribution is 2.43. The number of hydrogen-bond acceptors (Lipinski definition) is 3. The second-order valence-corrected chi connectivity index (χ2v) is 12.8. The van der Waals surface area contributed by atoms with Gasteiger partial charge in [-0.1, -0.05) is 102 Å². The Kier molecular flexibility index (Phi) is 17.1. The van der Waals surface area contributed by atoms with Gasteiger partial charge < -0.3 is 19.2 Å². The molecule has 0 spiro atoms. The van der Waals surface area contributed by atoms with E-state index >= 15 is 0 Å². The Morgan fingerprint density at radius 1 is 0.551 bits per heavy atom. The van der Waals surface area contributed by atoms with Crippen molar-refractivity contribution < 1.29 is 32.4 Å². The van der Waals surface area contributed by atoms with Crippen LogP contribution in [0.5, 0.6) is 0 Å². The highest BCUT2D eigenvalue weighted by atomic mass is 19.1. The summed E-state index contributed by atoms with van der Waals surface area (Å²) in [6.45, 7) is 14.8. The number of quaternary nitrogens is 1. The van der Waals surface area contributed by atoms with Gasteiger partial charge in [0.05, 0.1) is 32.8 Å². The number of hydrogen-bond donors (Lipinski definition) is 2. The molecule has 0 heterocycles. The van der Waals surface area contributed by atoms with Crippen molar-refractivity contribution in [2.24, 2.45) is 0 Å². The summed E-state index contributed by atoms with van der Waals surface area (Å²) in [5.41, 5.74) is 3.69. The first kappa shape index (κ1) is 40.0. The van der Waals surface area contributed by atoms with Gasteiger partial charge in [0.2, 0.25) is 0 Å². The summed E-state index contributed by atoms with van der Waals surface area (Å²) in [5, 5.41) is 18.4. The van der Waals surface area contributed by atoms with Crippen LogP contribution in [0.15, 0.2) is 84.9 Å². The molecule has 4 aromatic rings. The molecule has 0 saturated heterocycles. The Morgan fingerprint density at radius 3 is 1.37 bits per heavy atom. The molecule has 0 fully saturated rings. The fourth-order valence-corrected chi connectivity index (χ4v) is 6.39. The van der Waals surface area contributed by atoms with Gasteiger partial charge in [-0.15, -0.1) is 0 Å². The molecule has 4 rings (SSSR count). The number of rotatable bonds is 18. The van der Waals surface area contributed by atoms with Gasteiger partial charge >= 0.3 is 7.32 Å². The Morgan fingerprint density at radius 2 is 0.959 bits per heavy atom. The third-order valence-electron chi connectivity index (χ3n) is 8.99. The van der Waals surface area contributed by atoms with E-state index in [1.165, 1.54) is 118 Å². The highest BCUT2D eigenvalue weighted by Gasteiger charge is 2.25. The molecule has 0 saturated carbocycles. The van der Waals surface area contributed by atoms with Gasteiger partial charge in [-0.3, -0.25) is 0 Å². The molecule has 49 heavy (non-hydrogen) atoms. The minimum Gasteiger partial charge on any atom is -0.402 e. The molecule has 4 aromatic carbocycles. The topological polar surface area (TPSA) is 49.7 Å². The van der Waals surface area contributed by atoms with Crippen LogP contribution in [-0.4, -0.2) is 48.0 Å². The van der Waals surface area contributed by atoms with Crippen molar-refractivity contribution in [3.63, 3.8) is 0 Å². The van der Waals surface area contributed by atoms with Crippen molar-refractivity contribution in [1.82, 2.24) is 0 Å². The van der Waals surface area contributed by atoms with E-state index in [4.69, 9.17) is 4.65 Å². The monoisotopic (exact) mass is 676 g/mol. The SMILES string of the molecule is CCCC[N+](CCCC)(CCCC)CCCC.OB(O)OCc1ccc(-c2cccc(F)c2)c(-c2cccc(F)c2)c1-c1cccc(F)c1. The zero-order valence-electron chi connectivity index (χ0n) is 29.7. The Bertz CT molecular complexity index is 1530. The van der Waals surface area contributed by atoms with Gasteiger partial charge in [-0.2, -0.15) is 0 Å². The van der Waals surface area contributed by atoms with Crippen molar-refractivity contribution in [2.75, 3.05) is 26.2 Å². The van der Waals surface area contributed by atoms with E-state index < -0.39 is 24.8 Å². The molecular weight excluding hydrogens is 622 g/mol. The van der Waals surface area contributed by atoms with Gasteiger partial charge in [-0.05, 0) is 101 Å². The minimum absolute atomic E-state index is 0.199. The molecule has 0 aliphatic carbocycles. The lowest BCUT2D eigenvalue weighted by Gasteiger charge is -2.39. The van der Waals surface area contributed by atoms with E-state index in [1.807, 2.05) is 0 Å². The van der Waals surface area contributed by atoms with E-state index in [0.29, 0.717) is 38.9 Å². The fourth-order valence-electron chi connectivity index (χ4n) is 6.39. The molecule has 264 valence electrons. The third-order valence-corrected chi connectivity index (χ3v) is 8.99. The van der Waals surface area contributed by atoms with Crippen molar-refractivity contribution in [3.05, 3.63) is 108 Å². The smallest absolute Gasteiger partial charge is 0.402 e. The molecule has 0 unspecified atom stereocenters. The summed E-state index contributed by atoms with van der Waals surface area (Å²) in [6.07, 6.45) is 11.1. The lowest BCUT2D eigenvalue weighted by atomic mass is 9.84. The van der Waals surface area contributed by atoms with Crippen LogP contribution in [0.2, 0.25) is 0 Å². The average molecular weight is 677 g/mol. The van der Waals surface area contributed by atoms with Crippen LogP contribution in [-0.2, 0) is 11.3 Å². The van der Waals surface area contributed by atoms with Crippen LogP contribution in [0, 0.1) is 17.5 Å². The van der Waals surface area contributed by atoms with Crippen molar-refractivity contribution in [1.29, 1.82) is 0 Å². The molecule has 0 atom stereocenters. The van der Waals surface area contributed by atoms with Crippen molar-refractivity contribution in [2.45, 2.75) is 85.7 Å². The predicted molar refractivity (Wildman–Crippen MR) is 197 cm³/mol. The predicted octanol–water partition coefficient (Wildman–Crippen LogP) is 10.6. The summed E-state index contributed by atoms with van der Waals surface area (Å²) in [6, 6.07) is 21.2. The van der Waals surface area contributed by atoms with Crippen LogP contribution in [0.3, 0.4) is 0 Å². The summed E-state index contributed by atoms with van der Waals surface area (Å²) in [4.78, 5) is 0. The van der Waals surface area contributed by atoms with Gasteiger partial charge in [-0.25, -0.2) is 13.2 Å². The van der Waals surface area contributed by atoms with E-state index in [0.717, 1.165) is 0 Å². The molecule has 4 nitrogen and oxygen atoms in total. The summed E-state index contributed by atoms with van der Waals surface area (Å²) in [5.74, 6) is -1.38. The normalized spacial score (nSPS) is 11.3. The second kappa shape index (κ2) is 20.9. The maximum absolute atomic E-state index is 14.2. The Labute approximate surface area is 292 Å². The lowest BCUT2D eigenvalue weighted by Crippen LogP contribution is -2.50. The number of halogens is 3. The van der Waals surface area contributed by atoms with Gasteiger partial charge in [0.25, 0.3) is 0 Å². The Hall–Kier alpha value is -3.43. The van der Waals surface area contributed by atoms with E-state index in [9.17, 15) is 23.2 Å². The summed E-state index contributed by atoms with van der Waals surface area (Å²) >= 11 is 0. The van der Waals surface area contributed by atoms with Crippen molar-refractivity contribution in [3.8, 4) is 33.4 Å². The summed E-state index contributed by atoms with van der Waals surface area (Å²) in [7, 11) is -2.00. The molecule has 2 N–H and O–H groups in total. The maximum atomic E-state index is 14.2. The molecular formula is C41H54BF3NO3+. The molecule has 8 heteroatoms. The van der Waals surface area contributed by atoms with E-state index in [2.05, 4.69) is 27.7 Å². The third kappa shape index (κ3) is 12.4. The van der Waals surface area contributed by atoms with Crippen LogP contribution < -0.4 is 0 Å².